The normalized spacial score (nSPS) is 18.9. The molecule has 36 heavy (non-hydrogen) atoms. The van der Waals surface area contributed by atoms with Crippen molar-refractivity contribution in [3.05, 3.63) is 53.4 Å². The van der Waals surface area contributed by atoms with E-state index in [0.717, 1.165) is 52.8 Å². The molecule has 2 aliphatic heterocycles. The van der Waals surface area contributed by atoms with Crippen molar-refractivity contribution in [2.24, 2.45) is 0 Å². The molecule has 2 fully saturated rings. The molecule has 0 spiro atoms. The van der Waals surface area contributed by atoms with Crippen LogP contribution >= 0.6 is 11.3 Å². The van der Waals surface area contributed by atoms with Gasteiger partial charge in [-0.15, -0.1) is 11.3 Å². The molecule has 0 amide bonds. The number of nitrogen functional groups attached to an aromatic ring is 1. The lowest BCUT2D eigenvalue weighted by Crippen LogP contribution is -2.46. The maximum Gasteiger partial charge on any atom is 0.219 e. The molecule has 186 valence electrons. The second-order valence-electron chi connectivity index (χ2n) is 9.20. The third kappa shape index (κ3) is 4.39. The van der Waals surface area contributed by atoms with E-state index in [4.69, 9.17) is 20.4 Å². The Morgan fingerprint density at radius 1 is 1.08 bits per heavy atom. The van der Waals surface area contributed by atoms with E-state index in [0.29, 0.717) is 37.4 Å². The number of aromatic nitrogens is 5. The van der Waals surface area contributed by atoms with Gasteiger partial charge in [0.05, 0.1) is 46.2 Å². The molecule has 6 heterocycles. The Hall–Kier alpha value is -3.25. The topological polar surface area (TPSA) is 135 Å². The van der Waals surface area contributed by atoms with Gasteiger partial charge in [0.2, 0.25) is 5.95 Å². The van der Waals surface area contributed by atoms with E-state index in [2.05, 4.69) is 31.2 Å². The van der Waals surface area contributed by atoms with Crippen molar-refractivity contribution < 1.29 is 9.84 Å². The molecule has 2 saturated heterocycles. The number of thiophene rings is 1. The van der Waals surface area contributed by atoms with E-state index in [-0.39, 0.29) is 11.9 Å². The summed E-state index contributed by atoms with van der Waals surface area (Å²) in [5.74, 6) is 1.35. The summed E-state index contributed by atoms with van der Waals surface area (Å²) in [5.41, 5.74) is 7.19. The van der Waals surface area contributed by atoms with Crippen LogP contribution in [0.5, 0.6) is 0 Å². The van der Waals surface area contributed by atoms with Gasteiger partial charge >= 0.3 is 0 Å². The molecule has 4 aromatic rings. The summed E-state index contributed by atoms with van der Waals surface area (Å²) in [6.07, 6.45) is 6.39. The summed E-state index contributed by atoms with van der Waals surface area (Å²) in [6.45, 7) is 4.32. The maximum absolute atomic E-state index is 11.9. The van der Waals surface area contributed by atoms with E-state index < -0.39 is 5.60 Å². The van der Waals surface area contributed by atoms with Crippen molar-refractivity contribution in [2.75, 3.05) is 50.0 Å². The molecule has 4 N–H and O–H groups in total. The number of morpholine rings is 1. The van der Waals surface area contributed by atoms with Crippen molar-refractivity contribution in [3.8, 4) is 11.4 Å². The quantitative estimate of drug-likeness (QED) is 0.371. The number of piperidine rings is 1. The molecule has 10 nitrogen and oxygen atoms in total. The SMILES string of the molecule is Nc1ncc(-c2nc(N3CCOCC3)c3sc(C(c4ccccn4)C4(O)CCNCC4)cc3n2)cn1. The molecular formula is C25H28N8O2S. The first-order valence-electron chi connectivity index (χ1n) is 12.2. The van der Waals surface area contributed by atoms with Gasteiger partial charge in [-0.25, -0.2) is 19.9 Å². The van der Waals surface area contributed by atoms with Crippen molar-refractivity contribution in [1.29, 1.82) is 0 Å². The van der Waals surface area contributed by atoms with Gasteiger partial charge in [0.25, 0.3) is 0 Å². The highest BCUT2D eigenvalue weighted by molar-refractivity contribution is 7.19. The summed E-state index contributed by atoms with van der Waals surface area (Å²) in [6, 6.07) is 7.97. The molecule has 11 heteroatoms. The number of nitrogens with two attached hydrogens (primary N) is 1. The van der Waals surface area contributed by atoms with Crippen molar-refractivity contribution in [3.63, 3.8) is 0 Å². The Labute approximate surface area is 212 Å². The number of anilines is 2. The van der Waals surface area contributed by atoms with Gasteiger partial charge in [-0.05, 0) is 44.1 Å². The van der Waals surface area contributed by atoms with Gasteiger partial charge in [-0.3, -0.25) is 4.98 Å². The zero-order valence-electron chi connectivity index (χ0n) is 19.8. The number of rotatable bonds is 5. The van der Waals surface area contributed by atoms with Gasteiger partial charge in [0.1, 0.15) is 0 Å². The average Bonchev–Trinajstić information content (AvgIpc) is 3.33. The number of hydrogen-bond donors (Lipinski definition) is 3. The fourth-order valence-corrected chi connectivity index (χ4v) is 6.37. The molecule has 2 aliphatic rings. The highest BCUT2D eigenvalue weighted by Crippen LogP contribution is 2.45. The van der Waals surface area contributed by atoms with Crippen molar-refractivity contribution in [2.45, 2.75) is 24.4 Å². The molecule has 1 unspecified atom stereocenters. The van der Waals surface area contributed by atoms with E-state index in [1.807, 2.05) is 18.2 Å². The Kier molecular flexibility index (Phi) is 6.22. The van der Waals surface area contributed by atoms with E-state index >= 15 is 0 Å². The number of nitrogens with zero attached hydrogens (tertiary/aromatic N) is 6. The maximum atomic E-state index is 11.9. The van der Waals surface area contributed by atoms with Gasteiger partial charge < -0.3 is 25.8 Å². The summed E-state index contributed by atoms with van der Waals surface area (Å²) >= 11 is 1.64. The van der Waals surface area contributed by atoms with Crippen LogP contribution in [0.15, 0.2) is 42.9 Å². The third-order valence-electron chi connectivity index (χ3n) is 6.89. The molecule has 6 rings (SSSR count). The highest BCUT2D eigenvalue weighted by atomic mass is 32.1. The van der Waals surface area contributed by atoms with Crippen LogP contribution in [0.25, 0.3) is 21.6 Å². The Bertz CT molecular complexity index is 1340. The number of pyridine rings is 1. The lowest BCUT2D eigenvalue weighted by atomic mass is 9.77. The molecular weight excluding hydrogens is 476 g/mol. The second-order valence-corrected chi connectivity index (χ2v) is 10.3. The zero-order valence-corrected chi connectivity index (χ0v) is 20.6. The highest BCUT2D eigenvalue weighted by Gasteiger charge is 2.41. The average molecular weight is 505 g/mol. The number of aliphatic hydroxyl groups is 1. The largest absolute Gasteiger partial charge is 0.389 e. The van der Waals surface area contributed by atoms with Gasteiger partial charge in [0.15, 0.2) is 11.6 Å². The first-order valence-corrected chi connectivity index (χ1v) is 13.0. The second kappa shape index (κ2) is 9.66. The lowest BCUT2D eigenvalue weighted by molar-refractivity contribution is -0.00500. The molecule has 0 aromatic carbocycles. The Balaban J connectivity index is 1.52. The van der Waals surface area contributed by atoms with Crippen LogP contribution in [0.4, 0.5) is 11.8 Å². The number of ether oxygens (including phenoxy) is 1. The number of hydrogen-bond acceptors (Lipinski definition) is 11. The van der Waals surface area contributed by atoms with E-state index in [1.54, 1.807) is 29.9 Å². The van der Waals surface area contributed by atoms with Gasteiger partial charge in [-0.1, -0.05) is 6.07 Å². The van der Waals surface area contributed by atoms with Crippen LogP contribution in [-0.4, -0.2) is 75.0 Å². The predicted molar refractivity (Wildman–Crippen MR) is 139 cm³/mol. The van der Waals surface area contributed by atoms with Crippen molar-refractivity contribution in [1.82, 2.24) is 30.2 Å². The Morgan fingerprint density at radius 3 is 2.58 bits per heavy atom. The van der Waals surface area contributed by atoms with Crippen LogP contribution < -0.4 is 16.0 Å². The summed E-state index contributed by atoms with van der Waals surface area (Å²) in [5, 5.41) is 15.2. The minimum absolute atomic E-state index is 0.208. The first-order chi connectivity index (χ1) is 17.6. The predicted octanol–water partition coefficient (Wildman–Crippen LogP) is 2.21. The molecule has 0 radical (unpaired) electrons. The Morgan fingerprint density at radius 2 is 1.86 bits per heavy atom. The summed E-state index contributed by atoms with van der Waals surface area (Å²) < 4.78 is 6.58. The van der Waals surface area contributed by atoms with E-state index in [9.17, 15) is 5.11 Å². The van der Waals surface area contributed by atoms with Crippen LogP contribution in [0, 0.1) is 0 Å². The van der Waals surface area contributed by atoms with Gasteiger partial charge in [-0.2, -0.15) is 0 Å². The first kappa shape index (κ1) is 23.2. The fourth-order valence-electron chi connectivity index (χ4n) is 5.03. The van der Waals surface area contributed by atoms with Crippen LogP contribution in [0.3, 0.4) is 0 Å². The van der Waals surface area contributed by atoms with Crippen LogP contribution in [0.1, 0.15) is 29.3 Å². The molecule has 0 saturated carbocycles. The molecule has 1 atom stereocenters. The third-order valence-corrected chi connectivity index (χ3v) is 8.07. The minimum Gasteiger partial charge on any atom is -0.389 e. The molecule has 0 aliphatic carbocycles. The summed E-state index contributed by atoms with van der Waals surface area (Å²) in [7, 11) is 0. The van der Waals surface area contributed by atoms with E-state index in [1.165, 1.54) is 0 Å². The number of nitrogens with one attached hydrogen (secondary N) is 1. The molecule has 4 aromatic heterocycles. The van der Waals surface area contributed by atoms with Crippen molar-refractivity contribution >= 4 is 33.3 Å². The molecule has 0 bridgehead atoms. The minimum atomic E-state index is -0.902. The van der Waals surface area contributed by atoms with Crippen LogP contribution in [0.2, 0.25) is 0 Å². The standard InChI is InChI=1S/C25H28N8O2S/c26-24-29-14-16(15-30-24)22-31-18-13-19(36-21(18)23(32-22)33-9-11-35-12-10-33)20(17-3-1-2-6-28-17)25(34)4-7-27-8-5-25/h1-3,6,13-15,20,27,34H,4-5,7-12H2,(H2,26,29,30). The zero-order chi connectivity index (χ0) is 24.5. The monoisotopic (exact) mass is 504 g/mol. The number of fused-ring (bicyclic) bond motifs is 1. The smallest absolute Gasteiger partial charge is 0.219 e. The summed E-state index contributed by atoms with van der Waals surface area (Å²) in [4.78, 5) is 26.1. The van der Waals surface area contributed by atoms with Gasteiger partial charge in [0, 0.05) is 36.6 Å². The lowest BCUT2D eigenvalue weighted by Gasteiger charge is -2.38. The van der Waals surface area contributed by atoms with Crippen LogP contribution in [-0.2, 0) is 4.74 Å². The fraction of sp³-hybridized carbons (Fsp3) is 0.400.